The van der Waals surface area contributed by atoms with Gasteiger partial charge in [-0.25, -0.2) is 19.9 Å². The van der Waals surface area contributed by atoms with Gasteiger partial charge in [0.2, 0.25) is 5.95 Å². The van der Waals surface area contributed by atoms with Crippen LogP contribution in [0.1, 0.15) is 35.8 Å². The van der Waals surface area contributed by atoms with Gasteiger partial charge in [-0.15, -0.1) is 0 Å². The molecule has 3 aromatic rings. The third-order valence-electron chi connectivity index (χ3n) is 5.66. The second-order valence-corrected chi connectivity index (χ2v) is 8.64. The molecule has 178 valence electrons. The molecule has 7 nitrogen and oxygen atoms in total. The number of alkyl halides is 3. The van der Waals surface area contributed by atoms with Crippen LogP contribution in [0.3, 0.4) is 0 Å². The second kappa shape index (κ2) is 9.92. The van der Waals surface area contributed by atoms with Gasteiger partial charge in [0.1, 0.15) is 5.69 Å². The van der Waals surface area contributed by atoms with Crippen LogP contribution < -0.4 is 5.32 Å². The van der Waals surface area contributed by atoms with E-state index in [0.717, 1.165) is 18.7 Å². The SMILES string of the molecule is CC1CCC(CNc2nccc(C(F)(F)F)n2)N(C(=O)c2cc(Cl)ccc2-c2ncccn2)C1. The lowest BCUT2D eigenvalue weighted by Gasteiger charge is -2.39. The Balaban J connectivity index is 1.59. The van der Waals surface area contributed by atoms with Crippen LogP contribution in [0, 0.1) is 5.92 Å². The molecule has 0 bridgehead atoms. The number of anilines is 1. The van der Waals surface area contributed by atoms with Gasteiger partial charge in [-0.1, -0.05) is 18.5 Å². The van der Waals surface area contributed by atoms with Gasteiger partial charge in [0, 0.05) is 48.3 Å². The lowest BCUT2D eigenvalue weighted by Crippen LogP contribution is -2.49. The van der Waals surface area contributed by atoms with Crippen LogP contribution in [-0.4, -0.2) is 49.9 Å². The monoisotopic (exact) mass is 490 g/mol. The number of rotatable bonds is 5. The molecule has 4 rings (SSSR count). The summed E-state index contributed by atoms with van der Waals surface area (Å²) in [5.41, 5.74) is -0.101. The number of nitrogens with zero attached hydrogens (tertiary/aromatic N) is 5. The standard InChI is InChI=1S/C23H22ClF3N6O/c1-14-3-5-16(12-31-22-30-10-7-19(32-22)23(25,26)27)33(13-14)21(34)18-11-15(24)4-6-17(18)20-28-8-2-9-29-20/h2,4,6-11,14,16H,3,5,12-13H2,1H3,(H,30,31,32). The number of amides is 1. The summed E-state index contributed by atoms with van der Waals surface area (Å²) >= 11 is 6.21. The van der Waals surface area contributed by atoms with Crippen LogP contribution in [0.5, 0.6) is 0 Å². The van der Waals surface area contributed by atoms with E-state index in [1.807, 2.05) is 0 Å². The predicted octanol–water partition coefficient (Wildman–Crippen LogP) is 4.96. The van der Waals surface area contributed by atoms with E-state index < -0.39 is 11.9 Å². The predicted molar refractivity (Wildman–Crippen MR) is 121 cm³/mol. The van der Waals surface area contributed by atoms with E-state index in [0.29, 0.717) is 34.9 Å². The maximum Gasteiger partial charge on any atom is 0.433 e. The Morgan fingerprint density at radius 2 is 1.91 bits per heavy atom. The number of likely N-dealkylation sites (tertiary alicyclic amines) is 1. The first kappa shape index (κ1) is 23.9. The Morgan fingerprint density at radius 3 is 2.65 bits per heavy atom. The van der Waals surface area contributed by atoms with Gasteiger partial charge in [0.15, 0.2) is 5.82 Å². The van der Waals surface area contributed by atoms with Crippen LogP contribution in [0.4, 0.5) is 19.1 Å². The van der Waals surface area contributed by atoms with Crippen molar-refractivity contribution in [3.63, 3.8) is 0 Å². The summed E-state index contributed by atoms with van der Waals surface area (Å²) in [7, 11) is 0. The van der Waals surface area contributed by atoms with Gasteiger partial charge < -0.3 is 10.2 Å². The number of carbonyl (C=O) groups is 1. The number of hydrogen-bond donors (Lipinski definition) is 1. The molecule has 1 aliphatic rings. The molecule has 1 amide bonds. The summed E-state index contributed by atoms with van der Waals surface area (Å²) in [5.74, 6) is 0.287. The first-order valence-corrected chi connectivity index (χ1v) is 11.1. The van der Waals surface area contributed by atoms with Crippen molar-refractivity contribution in [3.05, 3.63) is 65.2 Å². The lowest BCUT2D eigenvalue weighted by atomic mass is 9.92. The number of nitrogens with one attached hydrogen (secondary N) is 1. The molecule has 11 heteroatoms. The van der Waals surface area contributed by atoms with Crippen LogP contribution in [0.15, 0.2) is 48.9 Å². The van der Waals surface area contributed by atoms with E-state index in [1.54, 1.807) is 41.6 Å². The van der Waals surface area contributed by atoms with Crippen LogP contribution in [0.25, 0.3) is 11.4 Å². The molecule has 1 N–H and O–H groups in total. The molecule has 0 aliphatic carbocycles. The molecule has 2 aromatic heterocycles. The van der Waals surface area contributed by atoms with E-state index in [4.69, 9.17) is 11.6 Å². The number of benzene rings is 1. The number of aromatic nitrogens is 4. The van der Waals surface area contributed by atoms with Gasteiger partial charge >= 0.3 is 6.18 Å². The molecule has 1 fully saturated rings. The first-order chi connectivity index (χ1) is 16.2. The molecule has 34 heavy (non-hydrogen) atoms. The average Bonchev–Trinajstić information content (AvgIpc) is 2.83. The molecule has 0 saturated carbocycles. The van der Waals surface area contributed by atoms with E-state index in [1.165, 1.54) is 0 Å². The largest absolute Gasteiger partial charge is 0.433 e. The summed E-state index contributed by atoms with van der Waals surface area (Å²) in [5, 5.41) is 3.27. The number of carbonyl (C=O) groups excluding carboxylic acids is 1. The van der Waals surface area contributed by atoms with Gasteiger partial charge in [-0.2, -0.15) is 13.2 Å². The van der Waals surface area contributed by atoms with Crippen LogP contribution in [-0.2, 0) is 6.18 Å². The Bertz CT molecular complexity index is 1160. The van der Waals surface area contributed by atoms with Crippen molar-refractivity contribution in [1.29, 1.82) is 0 Å². The molecule has 3 heterocycles. The maximum atomic E-state index is 13.7. The third kappa shape index (κ3) is 5.44. The minimum Gasteiger partial charge on any atom is -0.352 e. The fourth-order valence-corrected chi connectivity index (χ4v) is 4.13. The third-order valence-corrected chi connectivity index (χ3v) is 5.90. The summed E-state index contributed by atoms with van der Waals surface area (Å²) in [6.07, 6.45) is 1.23. The molecule has 0 spiro atoms. The molecular weight excluding hydrogens is 469 g/mol. The van der Waals surface area contributed by atoms with Gasteiger partial charge in [-0.3, -0.25) is 4.79 Å². The van der Waals surface area contributed by atoms with Gasteiger partial charge in [0.05, 0.1) is 5.56 Å². The van der Waals surface area contributed by atoms with E-state index >= 15 is 0 Å². The normalized spacial score (nSPS) is 18.6. The highest BCUT2D eigenvalue weighted by atomic mass is 35.5. The maximum absolute atomic E-state index is 13.7. The molecule has 2 atom stereocenters. The zero-order chi connectivity index (χ0) is 24.3. The summed E-state index contributed by atoms with van der Waals surface area (Å²) in [6.45, 7) is 2.76. The smallest absolute Gasteiger partial charge is 0.352 e. The fourth-order valence-electron chi connectivity index (χ4n) is 3.96. The first-order valence-electron chi connectivity index (χ1n) is 10.7. The van der Waals surface area contributed by atoms with Crippen molar-refractivity contribution in [2.45, 2.75) is 32.0 Å². The number of halogens is 4. The summed E-state index contributed by atoms with van der Waals surface area (Å²) < 4.78 is 38.9. The molecule has 2 unspecified atom stereocenters. The van der Waals surface area contributed by atoms with Crippen LogP contribution >= 0.6 is 11.6 Å². The molecule has 0 radical (unpaired) electrons. The van der Waals surface area contributed by atoms with E-state index in [9.17, 15) is 18.0 Å². The van der Waals surface area contributed by atoms with Gasteiger partial charge in [-0.05, 0) is 49.1 Å². The molecule has 1 aromatic carbocycles. The zero-order valence-corrected chi connectivity index (χ0v) is 19.0. The topological polar surface area (TPSA) is 83.9 Å². The quantitative estimate of drug-likeness (QED) is 0.544. The average molecular weight is 491 g/mol. The van der Waals surface area contributed by atoms with Crippen LogP contribution in [0.2, 0.25) is 5.02 Å². The van der Waals surface area contributed by atoms with E-state index in [2.05, 4.69) is 32.2 Å². The summed E-state index contributed by atoms with van der Waals surface area (Å²) in [6, 6.07) is 7.20. The van der Waals surface area contributed by atoms with Crippen molar-refractivity contribution in [2.75, 3.05) is 18.4 Å². The number of hydrogen-bond acceptors (Lipinski definition) is 6. The fraction of sp³-hybridized carbons (Fsp3) is 0.348. The molecule has 1 saturated heterocycles. The zero-order valence-electron chi connectivity index (χ0n) is 18.3. The van der Waals surface area contributed by atoms with Crippen molar-refractivity contribution in [2.24, 2.45) is 5.92 Å². The molecule has 1 aliphatic heterocycles. The number of piperidine rings is 1. The minimum absolute atomic E-state index is 0.137. The highest BCUT2D eigenvalue weighted by Crippen LogP contribution is 2.30. The van der Waals surface area contributed by atoms with E-state index in [-0.39, 0.29) is 30.4 Å². The van der Waals surface area contributed by atoms with Gasteiger partial charge in [0.25, 0.3) is 5.91 Å². The second-order valence-electron chi connectivity index (χ2n) is 8.20. The molecular formula is C23H22ClF3N6O. The highest BCUT2D eigenvalue weighted by Gasteiger charge is 2.34. The van der Waals surface area contributed by atoms with Crippen molar-refractivity contribution < 1.29 is 18.0 Å². The Kier molecular flexibility index (Phi) is 6.97. The van der Waals surface area contributed by atoms with Crippen molar-refractivity contribution >= 4 is 23.5 Å². The Hall–Kier alpha value is -3.27. The Morgan fingerprint density at radius 1 is 1.15 bits per heavy atom. The lowest BCUT2D eigenvalue weighted by molar-refractivity contribution is -0.141. The Labute approximate surface area is 199 Å². The summed E-state index contributed by atoms with van der Waals surface area (Å²) in [4.78, 5) is 31.4. The van der Waals surface area contributed by atoms with Crippen molar-refractivity contribution in [1.82, 2.24) is 24.8 Å². The highest BCUT2D eigenvalue weighted by molar-refractivity contribution is 6.31. The van der Waals surface area contributed by atoms with Crippen molar-refractivity contribution in [3.8, 4) is 11.4 Å². The minimum atomic E-state index is -4.57.